The molecule has 1 amide bonds. The molecule has 0 saturated heterocycles. The molecule has 0 spiro atoms. The predicted octanol–water partition coefficient (Wildman–Crippen LogP) is 3.54. The van der Waals surface area contributed by atoms with Crippen LogP contribution in [0.3, 0.4) is 0 Å². The van der Waals surface area contributed by atoms with Gasteiger partial charge in [0.25, 0.3) is 11.5 Å². The Morgan fingerprint density at radius 3 is 2.58 bits per heavy atom. The van der Waals surface area contributed by atoms with Gasteiger partial charge in [0.05, 0.1) is 33.9 Å². The summed E-state index contributed by atoms with van der Waals surface area (Å²) in [4.78, 5) is 31.7. The van der Waals surface area contributed by atoms with Crippen molar-refractivity contribution in [3.8, 4) is 5.69 Å². The van der Waals surface area contributed by atoms with Gasteiger partial charge < -0.3 is 5.32 Å². The smallest absolute Gasteiger partial charge is 0.266 e. The summed E-state index contributed by atoms with van der Waals surface area (Å²) in [6.45, 7) is 5.48. The van der Waals surface area contributed by atoms with E-state index in [-0.39, 0.29) is 11.5 Å². The molecule has 8 heteroatoms. The molecule has 164 valence electrons. The molecule has 1 N–H and O–H groups in total. The Morgan fingerprint density at radius 2 is 1.79 bits per heavy atom. The Labute approximate surface area is 189 Å². The highest BCUT2D eigenvalue weighted by Gasteiger charge is 2.23. The third kappa shape index (κ3) is 3.45. The lowest BCUT2D eigenvalue weighted by molar-refractivity contribution is 0.0939. The Kier molecular flexibility index (Phi) is 4.97. The zero-order valence-electron chi connectivity index (χ0n) is 18.5. The van der Waals surface area contributed by atoms with E-state index in [1.165, 1.54) is 4.63 Å². The molecule has 0 aliphatic rings. The minimum absolute atomic E-state index is 0.170. The first-order chi connectivity index (χ1) is 16.0. The Morgan fingerprint density at radius 1 is 1.00 bits per heavy atom. The van der Waals surface area contributed by atoms with Crippen LogP contribution in [-0.2, 0) is 0 Å². The van der Waals surface area contributed by atoms with Gasteiger partial charge >= 0.3 is 0 Å². The second kappa shape index (κ2) is 7.98. The molecular formula is C25H22N6O2. The molecule has 8 nitrogen and oxygen atoms in total. The molecule has 0 saturated carbocycles. The average Bonchev–Trinajstić information content (AvgIpc) is 3.15. The number of aromatic nitrogens is 5. The highest BCUT2D eigenvalue weighted by molar-refractivity contribution is 6.02. The number of amides is 1. The van der Waals surface area contributed by atoms with Gasteiger partial charge in [0, 0.05) is 6.20 Å². The fourth-order valence-corrected chi connectivity index (χ4v) is 4.15. The quantitative estimate of drug-likeness (QED) is 0.463. The van der Waals surface area contributed by atoms with Crippen LogP contribution in [0.5, 0.6) is 0 Å². The van der Waals surface area contributed by atoms with Crippen LogP contribution >= 0.6 is 0 Å². The number of aryl methyl sites for hydroxylation is 2. The summed E-state index contributed by atoms with van der Waals surface area (Å²) in [5, 5.41) is 12.0. The third-order valence-electron chi connectivity index (χ3n) is 5.70. The van der Waals surface area contributed by atoms with Crippen molar-refractivity contribution in [2.75, 3.05) is 0 Å². The van der Waals surface area contributed by atoms with Crippen molar-refractivity contribution in [3.05, 3.63) is 99.9 Å². The SMILES string of the molecule is Cc1nn2ncccc2c1C(=O)N[C@@H](C)c1nc2cccc(C)c2c(=O)n1-c1ccccc1. The fraction of sp³-hybridized carbons (Fsp3) is 0.160. The predicted molar refractivity (Wildman–Crippen MR) is 126 cm³/mol. The average molecular weight is 438 g/mol. The Balaban J connectivity index is 1.64. The molecule has 3 heterocycles. The van der Waals surface area contributed by atoms with Crippen LogP contribution in [0.1, 0.15) is 40.4 Å². The molecule has 5 rings (SSSR count). The van der Waals surface area contributed by atoms with Crippen LogP contribution in [0.4, 0.5) is 0 Å². The highest BCUT2D eigenvalue weighted by atomic mass is 16.2. The van der Waals surface area contributed by atoms with Crippen LogP contribution < -0.4 is 10.9 Å². The summed E-state index contributed by atoms with van der Waals surface area (Å²) in [6.07, 6.45) is 1.61. The van der Waals surface area contributed by atoms with Gasteiger partial charge in [-0.15, -0.1) is 0 Å². The highest BCUT2D eigenvalue weighted by Crippen LogP contribution is 2.21. The minimum atomic E-state index is -0.554. The number of carbonyl (C=O) groups is 1. The lowest BCUT2D eigenvalue weighted by Crippen LogP contribution is -2.33. The first kappa shape index (κ1) is 20.6. The summed E-state index contributed by atoms with van der Waals surface area (Å²) in [5.41, 5.74) is 3.60. The normalized spacial score (nSPS) is 12.2. The van der Waals surface area contributed by atoms with Crippen molar-refractivity contribution >= 4 is 22.3 Å². The first-order valence-electron chi connectivity index (χ1n) is 10.6. The Bertz CT molecular complexity index is 1570. The van der Waals surface area contributed by atoms with E-state index in [2.05, 4.69) is 15.5 Å². The van der Waals surface area contributed by atoms with E-state index in [4.69, 9.17) is 4.98 Å². The lowest BCUT2D eigenvalue weighted by Gasteiger charge is -2.20. The number of hydrogen-bond donors (Lipinski definition) is 1. The third-order valence-corrected chi connectivity index (χ3v) is 5.70. The van der Waals surface area contributed by atoms with E-state index in [0.717, 1.165) is 5.56 Å². The molecule has 0 aliphatic carbocycles. The lowest BCUT2D eigenvalue weighted by atomic mass is 10.1. The maximum absolute atomic E-state index is 13.6. The van der Waals surface area contributed by atoms with E-state index in [1.807, 2.05) is 62.4 Å². The minimum Gasteiger partial charge on any atom is -0.342 e. The topological polar surface area (TPSA) is 94.2 Å². The monoisotopic (exact) mass is 438 g/mol. The summed E-state index contributed by atoms with van der Waals surface area (Å²) in [7, 11) is 0. The molecule has 0 unspecified atom stereocenters. The zero-order chi connectivity index (χ0) is 23.1. The molecule has 2 aromatic carbocycles. The number of benzene rings is 2. The van der Waals surface area contributed by atoms with E-state index in [1.54, 1.807) is 29.8 Å². The summed E-state index contributed by atoms with van der Waals surface area (Å²) in [5.74, 6) is 0.145. The molecule has 0 aliphatic heterocycles. The number of rotatable bonds is 4. The van der Waals surface area contributed by atoms with E-state index in [9.17, 15) is 9.59 Å². The first-order valence-corrected chi connectivity index (χ1v) is 10.6. The maximum Gasteiger partial charge on any atom is 0.266 e. The standard InChI is InChI=1S/C25H22N6O2/c1-15-9-7-12-19-21(15)25(33)30(18-10-5-4-6-11-18)23(28-19)17(3)27-24(32)22-16(2)29-31-20(22)13-8-14-26-31/h4-14,17H,1-3H3,(H,27,32)/t17-/m0/s1. The number of nitrogens with one attached hydrogen (secondary N) is 1. The van der Waals surface area contributed by atoms with E-state index in [0.29, 0.717) is 39.2 Å². The van der Waals surface area contributed by atoms with Crippen molar-refractivity contribution in [1.82, 2.24) is 29.7 Å². The molecule has 0 bridgehead atoms. The van der Waals surface area contributed by atoms with Crippen LogP contribution in [0, 0.1) is 13.8 Å². The number of nitrogens with zero attached hydrogens (tertiary/aromatic N) is 5. The van der Waals surface area contributed by atoms with Crippen LogP contribution in [0.25, 0.3) is 22.1 Å². The van der Waals surface area contributed by atoms with Gasteiger partial charge in [-0.1, -0.05) is 30.3 Å². The Hall–Kier alpha value is -4.33. The van der Waals surface area contributed by atoms with Gasteiger partial charge in [-0.2, -0.15) is 14.8 Å². The van der Waals surface area contributed by atoms with Gasteiger partial charge in [-0.05, 0) is 56.7 Å². The van der Waals surface area contributed by atoms with Crippen molar-refractivity contribution < 1.29 is 4.79 Å². The van der Waals surface area contributed by atoms with Crippen LogP contribution in [0.15, 0.2) is 71.7 Å². The van der Waals surface area contributed by atoms with Gasteiger partial charge in [0.1, 0.15) is 11.3 Å². The van der Waals surface area contributed by atoms with Crippen molar-refractivity contribution in [1.29, 1.82) is 0 Å². The number of para-hydroxylation sites is 1. The zero-order valence-corrected chi connectivity index (χ0v) is 18.5. The molecule has 33 heavy (non-hydrogen) atoms. The van der Waals surface area contributed by atoms with Crippen molar-refractivity contribution in [2.24, 2.45) is 0 Å². The van der Waals surface area contributed by atoms with Crippen molar-refractivity contribution in [3.63, 3.8) is 0 Å². The molecule has 3 aromatic heterocycles. The fourth-order valence-electron chi connectivity index (χ4n) is 4.15. The van der Waals surface area contributed by atoms with Crippen molar-refractivity contribution in [2.45, 2.75) is 26.8 Å². The van der Waals surface area contributed by atoms with Gasteiger partial charge in [-0.3, -0.25) is 14.2 Å². The second-order valence-electron chi connectivity index (χ2n) is 7.97. The molecule has 0 radical (unpaired) electrons. The van der Waals surface area contributed by atoms with Crippen LogP contribution in [-0.4, -0.2) is 30.3 Å². The number of carbonyl (C=O) groups excluding carboxylic acids is 1. The van der Waals surface area contributed by atoms with Gasteiger partial charge in [0.2, 0.25) is 0 Å². The molecule has 5 aromatic rings. The van der Waals surface area contributed by atoms with Gasteiger partial charge in [0.15, 0.2) is 0 Å². The van der Waals surface area contributed by atoms with Gasteiger partial charge in [-0.25, -0.2) is 4.98 Å². The summed E-state index contributed by atoms with van der Waals surface area (Å²) >= 11 is 0. The van der Waals surface area contributed by atoms with E-state index >= 15 is 0 Å². The van der Waals surface area contributed by atoms with E-state index < -0.39 is 6.04 Å². The summed E-state index contributed by atoms with van der Waals surface area (Å²) in [6, 6.07) is 17.9. The van der Waals surface area contributed by atoms with Crippen LogP contribution in [0.2, 0.25) is 0 Å². The largest absolute Gasteiger partial charge is 0.342 e. The molecular weight excluding hydrogens is 416 g/mol. The number of hydrogen-bond acceptors (Lipinski definition) is 5. The molecule has 0 fully saturated rings. The summed E-state index contributed by atoms with van der Waals surface area (Å²) < 4.78 is 3.01. The second-order valence-corrected chi connectivity index (χ2v) is 7.97. The maximum atomic E-state index is 13.6. The number of fused-ring (bicyclic) bond motifs is 2. The molecule has 1 atom stereocenters.